The summed E-state index contributed by atoms with van der Waals surface area (Å²) < 4.78 is 5.25. The van der Waals surface area contributed by atoms with E-state index in [1.807, 2.05) is 36.4 Å². The summed E-state index contributed by atoms with van der Waals surface area (Å²) in [6.45, 7) is 0. The SMILES string of the molecule is COc1cccc(SCc2csc(Cc3ccc(Cl)c(Cl)c3)n2)c1. The molecule has 0 fully saturated rings. The van der Waals surface area contributed by atoms with Crippen LogP contribution in [0.25, 0.3) is 0 Å². The molecule has 2 aromatic carbocycles. The highest BCUT2D eigenvalue weighted by Gasteiger charge is 2.06. The Bertz CT molecular complexity index is 835. The van der Waals surface area contributed by atoms with Gasteiger partial charge in [0, 0.05) is 22.4 Å². The van der Waals surface area contributed by atoms with E-state index in [9.17, 15) is 0 Å². The number of methoxy groups -OCH3 is 1. The number of ether oxygens (including phenoxy) is 1. The minimum atomic E-state index is 0.579. The summed E-state index contributed by atoms with van der Waals surface area (Å²) in [5.74, 6) is 1.71. The monoisotopic (exact) mass is 395 g/mol. The summed E-state index contributed by atoms with van der Waals surface area (Å²) in [7, 11) is 1.68. The van der Waals surface area contributed by atoms with Crippen LogP contribution in [0.3, 0.4) is 0 Å². The zero-order valence-corrected chi connectivity index (χ0v) is 16.1. The first-order chi connectivity index (χ1) is 11.6. The Morgan fingerprint density at radius 2 is 2.00 bits per heavy atom. The Kier molecular flexibility index (Phi) is 6.06. The van der Waals surface area contributed by atoms with Gasteiger partial charge in [-0.15, -0.1) is 23.1 Å². The number of hydrogen-bond donors (Lipinski definition) is 0. The van der Waals surface area contributed by atoms with Crippen molar-refractivity contribution in [2.24, 2.45) is 0 Å². The molecule has 0 amide bonds. The van der Waals surface area contributed by atoms with Crippen molar-refractivity contribution >= 4 is 46.3 Å². The molecule has 0 unspecified atom stereocenters. The molecular formula is C18H15Cl2NOS2. The van der Waals surface area contributed by atoms with Gasteiger partial charge in [-0.1, -0.05) is 35.3 Å². The second-order valence-corrected chi connectivity index (χ2v) is 7.93. The zero-order valence-electron chi connectivity index (χ0n) is 13.0. The number of rotatable bonds is 6. The van der Waals surface area contributed by atoms with E-state index in [0.717, 1.165) is 34.2 Å². The molecule has 0 N–H and O–H groups in total. The largest absolute Gasteiger partial charge is 0.497 e. The number of aromatic nitrogens is 1. The molecular weight excluding hydrogens is 381 g/mol. The summed E-state index contributed by atoms with van der Waals surface area (Å²) >= 11 is 15.4. The molecule has 0 aliphatic carbocycles. The maximum atomic E-state index is 6.07. The number of thiazole rings is 1. The summed E-state index contributed by atoms with van der Waals surface area (Å²) in [6.07, 6.45) is 0.769. The second-order valence-electron chi connectivity index (χ2n) is 5.13. The highest BCUT2D eigenvalue weighted by molar-refractivity contribution is 7.98. The Hall–Kier alpha value is -1.20. The molecule has 1 aromatic heterocycles. The van der Waals surface area contributed by atoms with Crippen molar-refractivity contribution in [2.45, 2.75) is 17.1 Å². The van der Waals surface area contributed by atoms with Crippen molar-refractivity contribution in [3.05, 3.63) is 74.2 Å². The topological polar surface area (TPSA) is 22.1 Å². The van der Waals surface area contributed by atoms with E-state index in [4.69, 9.17) is 32.9 Å². The third kappa shape index (κ3) is 4.67. The molecule has 0 saturated carbocycles. The van der Waals surface area contributed by atoms with Gasteiger partial charge in [-0.05, 0) is 35.9 Å². The molecule has 3 rings (SSSR count). The van der Waals surface area contributed by atoms with Crippen molar-refractivity contribution < 1.29 is 4.74 Å². The van der Waals surface area contributed by atoms with E-state index >= 15 is 0 Å². The number of benzene rings is 2. The number of hydrogen-bond acceptors (Lipinski definition) is 4. The van der Waals surface area contributed by atoms with Crippen molar-refractivity contribution in [1.82, 2.24) is 4.98 Å². The van der Waals surface area contributed by atoms with Crippen molar-refractivity contribution in [3.63, 3.8) is 0 Å². The molecule has 3 aromatic rings. The van der Waals surface area contributed by atoms with Crippen LogP contribution in [-0.4, -0.2) is 12.1 Å². The molecule has 1 heterocycles. The van der Waals surface area contributed by atoms with E-state index in [0.29, 0.717) is 10.0 Å². The van der Waals surface area contributed by atoms with Gasteiger partial charge in [-0.25, -0.2) is 4.98 Å². The normalized spacial score (nSPS) is 10.8. The Labute approximate surface area is 159 Å². The number of nitrogens with zero attached hydrogens (tertiary/aromatic N) is 1. The highest BCUT2D eigenvalue weighted by Crippen LogP contribution is 2.28. The molecule has 0 saturated heterocycles. The van der Waals surface area contributed by atoms with Crippen LogP contribution in [0.2, 0.25) is 10.0 Å². The van der Waals surface area contributed by atoms with Crippen LogP contribution in [0.1, 0.15) is 16.3 Å². The Balaban J connectivity index is 1.61. The molecule has 124 valence electrons. The van der Waals surface area contributed by atoms with E-state index in [2.05, 4.69) is 11.4 Å². The van der Waals surface area contributed by atoms with Gasteiger partial charge in [0.25, 0.3) is 0 Å². The van der Waals surface area contributed by atoms with Gasteiger partial charge in [-0.2, -0.15) is 0 Å². The van der Waals surface area contributed by atoms with Crippen LogP contribution in [-0.2, 0) is 12.2 Å². The Morgan fingerprint density at radius 1 is 1.12 bits per heavy atom. The summed E-state index contributed by atoms with van der Waals surface area (Å²) in [6, 6.07) is 13.8. The fourth-order valence-electron chi connectivity index (χ4n) is 2.17. The first kappa shape index (κ1) is 17.6. The molecule has 0 aliphatic heterocycles. The van der Waals surface area contributed by atoms with E-state index < -0.39 is 0 Å². The zero-order chi connectivity index (χ0) is 16.9. The van der Waals surface area contributed by atoms with Gasteiger partial charge in [-0.3, -0.25) is 0 Å². The minimum absolute atomic E-state index is 0.579. The molecule has 0 atom stereocenters. The number of halogens is 2. The van der Waals surface area contributed by atoms with Crippen LogP contribution >= 0.6 is 46.3 Å². The van der Waals surface area contributed by atoms with E-state index in [1.165, 1.54) is 4.90 Å². The molecule has 0 spiro atoms. The summed E-state index contributed by atoms with van der Waals surface area (Å²) in [5.41, 5.74) is 2.20. The molecule has 6 heteroatoms. The van der Waals surface area contributed by atoms with E-state index in [1.54, 1.807) is 30.2 Å². The van der Waals surface area contributed by atoms with Crippen molar-refractivity contribution in [3.8, 4) is 5.75 Å². The maximum Gasteiger partial charge on any atom is 0.119 e. The average molecular weight is 396 g/mol. The average Bonchev–Trinajstić information content (AvgIpc) is 3.04. The maximum absolute atomic E-state index is 6.07. The lowest BCUT2D eigenvalue weighted by Crippen LogP contribution is -1.89. The van der Waals surface area contributed by atoms with Crippen LogP contribution in [0.4, 0.5) is 0 Å². The smallest absolute Gasteiger partial charge is 0.119 e. The van der Waals surface area contributed by atoms with E-state index in [-0.39, 0.29) is 0 Å². The molecule has 24 heavy (non-hydrogen) atoms. The summed E-state index contributed by atoms with van der Waals surface area (Å²) in [5, 5.41) is 4.35. The highest BCUT2D eigenvalue weighted by atomic mass is 35.5. The fourth-order valence-corrected chi connectivity index (χ4v) is 4.26. The first-order valence-corrected chi connectivity index (χ1v) is 9.90. The standard InChI is InChI=1S/C18H15Cl2NOS2/c1-22-14-3-2-4-15(9-14)23-10-13-11-24-18(21-13)8-12-5-6-16(19)17(20)7-12/h2-7,9,11H,8,10H2,1H3. The Morgan fingerprint density at radius 3 is 2.79 bits per heavy atom. The van der Waals surface area contributed by atoms with Crippen LogP contribution in [0, 0.1) is 0 Å². The van der Waals surface area contributed by atoms with Gasteiger partial charge in [0.15, 0.2) is 0 Å². The van der Waals surface area contributed by atoms with Crippen LogP contribution in [0.15, 0.2) is 52.7 Å². The summed E-state index contributed by atoms with van der Waals surface area (Å²) in [4.78, 5) is 5.88. The first-order valence-electron chi connectivity index (χ1n) is 7.28. The predicted molar refractivity (Wildman–Crippen MR) is 104 cm³/mol. The lowest BCUT2D eigenvalue weighted by atomic mass is 10.2. The fraction of sp³-hybridized carbons (Fsp3) is 0.167. The van der Waals surface area contributed by atoms with Gasteiger partial charge in [0.05, 0.1) is 27.9 Å². The molecule has 0 radical (unpaired) electrons. The minimum Gasteiger partial charge on any atom is -0.497 e. The van der Waals surface area contributed by atoms with Crippen molar-refractivity contribution in [1.29, 1.82) is 0 Å². The van der Waals surface area contributed by atoms with Gasteiger partial charge in [0.1, 0.15) is 5.75 Å². The predicted octanol–water partition coefficient (Wildman–Crippen LogP) is 6.34. The molecule has 0 aliphatic rings. The van der Waals surface area contributed by atoms with Gasteiger partial charge < -0.3 is 4.74 Å². The van der Waals surface area contributed by atoms with Crippen LogP contribution < -0.4 is 4.74 Å². The lowest BCUT2D eigenvalue weighted by molar-refractivity contribution is 0.413. The van der Waals surface area contributed by atoms with Gasteiger partial charge >= 0.3 is 0 Å². The molecule has 2 nitrogen and oxygen atoms in total. The van der Waals surface area contributed by atoms with Crippen molar-refractivity contribution in [2.75, 3.05) is 7.11 Å². The second kappa shape index (κ2) is 8.26. The van der Waals surface area contributed by atoms with Crippen LogP contribution in [0.5, 0.6) is 5.75 Å². The third-order valence-electron chi connectivity index (χ3n) is 3.37. The molecule has 0 bridgehead atoms. The third-order valence-corrected chi connectivity index (χ3v) is 6.03. The number of thioether (sulfide) groups is 1. The lowest BCUT2D eigenvalue weighted by Gasteiger charge is -2.03. The quantitative estimate of drug-likeness (QED) is 0.454. The van der Waals surface area contributed by atoms with Gasteiger partial charge in [0.2, 0.25) is 0 Å².